The van der Waals surface area contributed by atoms with Crippen LogP contribution in [0.5, 0.6) is 0 Å². The number of H-pyrrole nitrogens is 1. The fraction of sp³-hybridized carbons (Fsp3) is 0. The summed E-state index contributed by atoms with van der Waals surface area (Å²) in [6, 6.07) is 1.32. The van der Waals surface area contributed by atoms with Crippen molar-refractivity contribution in [2.75, 3.05) is 5.73 Å². The lowest BCUT2D eigenvalue weighted by molar-refractivity contribution is 1.29. The van der Waals surface area contributed by atoms with Crippen LogP contribution >= 0.6 is 15.9 Å². The first-order valence-electron chi connectivity index (χ1n) is 2.34. The molecule has 0 fully saturated rings. The Hall–Kier alpha value is -0.770. The Morgan fingerprint density at radius 1 is 1.67 bits per heavy atom. The number of aromatic nitrogens is 1. The lowest BCUT2D eigenvalue weighted by Gasteiger charge is -1.90. The molecule has 0 amide bonds. The first-order valence-corrected chi connectivity index (χ1v) is 3.13. The van der Waals surface area contributed by atoms with Crippen molar-refractivity contribution >= 4 is 21.7 Å². The maximum atomic E-state index is 10.7. The third kappa shape index (κ3) is 1.32. The van der Waals surface area contributed by atoms with Crippen LogP contribution in [0.15, 0.2) is 21.5 Å². The molecule has 0 aliphatic heterocycles. The number of halogens is 1. The van der Waals surface area contributed by atoms with E-state index in [9.17, 15) is 4.79 Å². The molecule has 1 aromatic rings. The molecule has 0 atom stereocenters. The van der Waals surface area contributed by atoms with E-state index in [1.165, 1.54) is 12.3 Å². The summed E-state index contributed by atoms with van der Waals surface area (Å²) in [6.07, 6.45) is 1.51. The summed E-state index contributed by atoms with van der Waals surface area (Å²) in [5.74, 6) is 0.378. The second-order valence-electron chi connectivity index (χ2n) is 1.60. The Morgan fingerprint density at radius 3 is 2.78 bits per heavy atom. The lowest BCUT2D eigenvalue weighted by Crippen LogP contribution is -2.03. The van der Waals surface area contributed by atoms with E-state index in [2.05, 4.69) is 20.9 Å². The number of pyridine rings is 1. The fourth-order valence-electron chi connectivity index (χ4n) is 0.470. The maximum Gasteiger partial charge on any atom is 0.197 e. The molecule has 0 aliphatic carbocycles. The van der Waals surface area contributed by atoms with Crippen LogP contribution in [-0.4, -0.2) is 4.98 Å². The van der Waals surface area contributed by atoms with Crippen LogP contribution in [-0.2, 0) is 0 Å². The van der Waals surface area contributed by atoms with E-state index in [1.807, 2.05) is 0 Å². The van der Waals surface area contributed by atoms with Gasteiger partial charge in [0.05, 0.1) is 4.47 Å². The molecule has 4 heteroatoms. The average molecular weight is 189 g/mol. The summed E-state index contributed by atoms with van der Waals surface area (Å²) >= 11 is 3.03. The summed E-state index contributed by atoms with van der Waals surface area (Å²) < 4.78 is 0.497. The van der Waals surface area contributed by atoms with Crippen molar-refractivity contribution in [1.29, 1.82) is 0 Å². The van der Waals surface area contributed by atoms with Crippen LogP contribution < -0.4 is 11.2 Å². The third-order valence-corrected chi connectivity index (χ3v) is 1.51. The SMILES string of the molecule is Nc1cc(=O)c(Br)c[nH]1. The highest BCUT2D eigenvalue weighted by molar-refractivity contribution is 9.10. The summed E-state index contributed by atoms with van der Waals surface area (Å²) in [4.78, 5) is 13.4. The van der Waals surface area contributed by atoms with Gasteiger partial charge in [0.15, 0.2) is 5.43 Å². The molecule has 3 N–H and O–H groups in total. The van der Waals surface area contributed by atoms with Crippen molar-refractivity contribution in [3.63, 3.8) is 0 Å². The Bertz CT molecular complexity index is 268. The van der Waals surface area contributed by atoms with Crippen molar-refractivity contribution in [2.45, 2.75) is 0 Å². The number of nitrogen functional groups attached to an aromatic ring is 1. The van der Waals surface area contributed by atoms with Gasteiger partial charge in [0.2, 0.25) is 0 Å². The van der Waals surface area contributed by atoms with Gasteiger partial charge in [-0.05, 0) is 15.9 Å². The van der Waals surface area contributed by atoms with Gasteiger partial charge in [-0.3, -0.25) is 4.79 Å². The zero-order valence-corrected chi connectivity index (χ0v) is 6.10. The Morgan fingerprint density at radius 2 is 2.33 bits per heavy atom. The summed E-state index contributed by atoms with van der Waals surface area (Å²) in [5, 5.41) is 0. The van der Waals surface area contributed by atoms with Gasteiger partial charge >= 0.3 is 0 Å². The Balaban J connectivity index is 3.34. The van der Waals surface area contributed by atoms with Crippen LogP contribution in [0.2, 0.25) is 0 Å². The molecular weight excluding hydrogens is 184 g/mol. The maximum absolute atomic E-state index is 10.7. The molecule has 9 heavy (non-hydrogen) atoms. The summed E-state index contributed by atoms with van der Waals surface area (Å²) in [7, 11) is 0. The predicted octanol–water partition coefficient (Wildman–Crippen LogP) is 0.720. The van der Waals surface area contributed by atoms with Crippen molar-refractivity contribution in [3.05, 3.63) is 27.0 Å². The second-order valence-corrected chi connectivity index (χ2v) is 2.45. The van der Waals surface area contributed by atoms with Gasteiger partial charge in [0.1, 0.15) is 5.82 Å². The van der Waals surface area contributed by atoms with Crippen LogP contribution in [0, 0.1) is 0 Å². The van der Waals surface area contributed by atoms with E-state index in [0.29, 0.717) is 10.3 Å². The minimum absolute atomic E-state index is 0.105. The Labute approximate surface area is 60.0 Å². The minimum Gasteiger partial charge on any atom is -0.385 e. The second kappa shape index (κ2) is 2.23. The molecule has 0 unspecified atom stereocenters. The third-order valence-electron chi connectivity index (χ3n) is 0.888. The largest absolute Gasteiger partial charge is 0.385 e. The number of hydrogen-bond acceptors (Lipinski definition) is 2. The highest BCUT2D eigenvalue weighted by Gasteiger charge is 1.91. The number of anilines is 1. The summed E-state index contributed by atoms with van der Waals surface area (Å²) in [5.41, 5.74) is 5.15. The van der Waals surface area contributed by atoms with Gasteiger partial charge in [-0.15, -0.1) is 0 Å². The molecule has 1 heterocycles. The molecule has 0 aliphatic rings. The molecule has 0 saturated heterocycles. The number of rotatable bonds is 0. The molecule has 1 rings (SSSR count). The fourth-order valence-corrected chi connectivity index (χ4v) is 0.699. The van der Waals surface area contributed by atoms with Crippen LogP contribution in [0.25, 0.3) is 0 Å². The molecule has 0 spiro atoms. The van der Waals surface area contributed by atoms with Gasteiger partial charge in [-0.1, -0.05) is 0 Å². The predicted molar refractivity (Wildman–Crippen MR) is 39.2 cm³/mol. The van der Waals surface area contributed by atoms with E-state index < -0.39 is 0 Å². The molecular formula is C5H5BrN2O. The van der Waals surface area contributed by atoms with Gasteiger partial charge in [-0.2, -0.15) is 0 Å². The van der Waals surface area contributed by atoms with E-state index in [0.717, 1.165) is 0 Å². The first kappa shape index (κ1) is 6.35. The van der Waals surface area contributed by atoms with Crippen molar-refractivity contribution < 1.29 is 0 Å². The zero-order chi connectivity index (χ0) is 6.85. The van der Waals surface area contributed by atoms with E-state index in [1.54, 1.807) is 0 Å². The van der Waals surface area contributed by atoms with Gasteiger partial charge in [0.25, 0.3) is 0 Å². The number of hydrogen-bond donors (Lipinski definition) is 2. The number of nitrogens with one attached hydrogen (secondary N) is 1. The van der Waals surface area contributed by atoms with E-state index in [4.69, 9.17) is 5.73 Å². The van der Waals surface area contributed by atoms with Crippen LogP contribution in [0.1, 0.15) is 0 Å². The van der Waals surface area contributed by atoms with Gasteiger partial charge < -0.3 is 10.7 Å². The smallest absolute Gasteiger partial charge is 0.197 e. The molecule has 0 bridgehead atoms. The molecule has 0 radical (unpaired) electrons. The summed E-state index contributed by atoms with van der Waals surface area (Å²) in [6.45, 7) is 0. The van der Waals surface area contributed by atoms with Crippen molar-refractivity contribution in [2.24, 2.45) is 0 Å². The monoisotopic (exact) mass is 188 g/mol. The number of aromatic amines is 1. The molecule has 48 valence electrons. The minimum atomic E-state index is -0.105. The van der Waals surface area contributed by atoms with E-state index >= 15 is 0 Å². The van der Waals surface area contributed by atoms with Crippen molar-refractivity contribution in [3.8, 4) is 0 Å². The topological polar surface area (TPSA) is 58.9 Å². The van der Waals surface area contributed by atoms with Crippen molar-refractivity contribution in [1.82, 2.24) is 4.98 Å². The van der Waals surface area contributed by atoms with E-state index in [-0.39, 0.29) is 5.43 Å². The molecule has 0 aromatic carbocycles. The van der Waals surface area contributed by atoms with Crippen LogP contribution in [0.4, 0.5) is 5.82 Å². The highest BCUT2D eigenvalue weighted by atomic mass is 79.9. The Kier molecular flexibility index (Phi) is 1.57. The van der Waals surface area contributed by atoms with Gasteiger partial charge in [-0.25, -0.2) is 0 Å². The zero-order valence-electron chi connectivity index (χ0n) is 4.52. The normalized spacial score (nSPS) is 9.44. The quantitative estimate of drug-likeness (QED) is 0.631. The van der Waals surface area contributed by atoms with Gasteiger partial charge in [0, 0.05) is 12.3 Å². The standard InChI is InChI=1S/C5H5BrN2O/c6-3-2-8-5(7)1-4(3)9/h1-2H,(H3,7,8,9). The first-order chi connectivity index (χ1) is 4.20. The highest BCUT2D eigenvalue weighted by Crippen LogP contribution is 2.00. The molecule has 3 nitrogen and oxygen atoms in total. The average Bonchev–Trinajstić information content (AvgIpc) is 1.80. The number of nitrogens with two attached hydrogens (primary N) is 1. The lowest BCUT2D eigenvalue weighted by atomic mass is 10.5. The van der Waals surface area contributed by atoms with Crippen LogP contribution in [0.3, 0.4) is 0 Å². The molecule has 1 aromatic heterocycles. The molecule has 0 saturated carbocycles.